The van der Waals surface area contributed by atoms with Crippen LogP contribution >= 0.6 is 0 Å². The van der Waals surface area contributed by atoms with E-state index in [0.717, 1.165) is 5.56 Å². The van der Waals surface area contributed by atoms with E-state index in [9.17, 15) is 14.4 Å². The lowest BCUT2D eigenvalue weighted by molar-refractivity contribution is -0.126. The molecule has 0 saturated carbocycles. The molecular weight excluding hydrogens is 352 g/mol. The summed E-state index contributed by atoms with van der Waals surface area (Å²) in [6, 6.07) is 11.6. The van der Waals surface area contributed by atoms with Gasteiger partial charge in [-0.25, -0.2) is 4.79 Å². The number of fused-ring (bicyclic) bond motifs is 1. The predicted molar refractivity (Wildman–Crippen MR) is 95.4 cm³/mol. The van der Waals surface area contributed by atoms with Gasteiger partial charge in [0.05, 0.1) is 12.7 Å². The largest absolute Gasteiger partial charge is 0.465 e. The van der Waals surface area contributed by atoms with Crippen molar-refractivity contribution in [2.45, 2.75) is 13.0 Å². The fourth-order valence-electron chi connectivity index (χ4n) is 2.51. The van der Waals surface area contributed by atoms with E-state index in [-0.39, 0.29) is 19.8 Å². The van der Waals surface area contributed by atoms with Gasteiger partial charge in [-0.2, -0.15) is 0 Å². The molecule has 27 heavy (non-hydrogen) atoms. The van der Waals surface area contributed by atoms with Gasteiger partial charge in [0, 0.05) is 12.2 Å². The summed E-state index contributed by atoms with van der Waals surface area (Å²) in [5, 5.41) is 5.26. The van der Waals surface area contributed by atoms with Gasteiger partial charge in [-0.1, -0.05) is 12.1 Å². The van der Waals surface area contributed by atoms with Crippen LogP contribution in [0.2, 0.25) is 0 Å². The first-order chi connectivity index (χ1) is 13.0. The number of benzene rings is 2. The lowest BCUT2D eigenvalue weighted by Gasteiger charge is -2.08. The minimum Gasteiger partial charge on any atom is -0.465 e. The number of hydrogen-bond acceptors (Lipinski definition) is 6. The second kappa shape index (κ2) is 8.22. The van der Waals surface area contributed by atoms with E-state index in [1.165, 1.54) is 13.2 Å². The molecular formula is C19H18N2O6. The molecule has 0 atom stereocenters. The van der Waals surface area contributed by atoms with Crippen LogP contribution in [0.25, 0.3) is 0 Å². The van der Waals surface area contributed by atoms with Crippen molar-refractivity contribution in [3.05, 3.63) is 53.6 Å². The van der Waals surface area contributed by atoms with E-state index in [0.29, 0.717) is 22.7 Å². The number of ether oxygens (including phenoxy) is 3. The number of rotatable bonds is 6. The molecule has 0 aliphatic carbocycles. The lowest BCUT2D eigenvalue weighted by Crippen LogP contribution is -2.27. The Kier molecular flexibility index (Phi) is 5.55. The average molecular weight is 370 g/mol. The molecule has 140 valence electrons. The SMILES string of the molecule is COC(=O)c1cccc(NC(=O)CC(=O)NCc2ccc3c(c2)OCO3)c1. The van der Waals surface area contributed by atoms with Crippen LogP contribution in [-0.4, -0.2) is 31.7 Å². The lowest BCUT2D eigenvalue weighted by atomic mass is 10.2. The third kappa shape index (κ3) is 4.75. The van der Waals surface area contributed by atoms with Crippen molar-refractivity contribution in [3.63, 3.8) is 0 Å². The van der Waals surface area contributed by atoms with E-state index < -0.39 is 17.8 Å². The Balaban J connectivity index is 1.49. The maximum absolute atomic E-state index is 12.0. The molecule has 8 nitrogen and oxygen atoms in total. The van der Waals surface area contributed by atoms with Crippen LogP contribution in [0.4, 0.5) is 5.69 Å². The molecule has 0 aromatic heterocycles. The van der Waals surface area contributed by atoms with Gasteiger partial charge in [-0.3, -0.25) is 9.59 Å². The van der Waals surface area contributed by atoms with Crippen LogP contribution in [0.5, 0.6) is 11.5 Å². The van der Waals surface area contributed by atoms with E-state index >= 15 is 0 Å². The highest BCUT2D eigenvalue weighted by molar-refractivity contribution is 6.04. The molecule has 0 spiro atoms. The zero-order valence-corrected chi connectivity index (χ0v) is 14.6. The number of amides is 2. The van der Waals surface area contributed by atoms with Gasteiger partial charge < -0.3 is 24.8 Å². The molecule has 8 heteroatoms. The molecule has 2 N–H and O–H groups in total. The molecule has 2 aromatic carbocycles. The standard InChI is InChI=1S/C19H18N2O6/c1-25-19(24)13-3-2-4-14(8-13)21-18(23)9-17(22)20-10-12-5-6-15-16(7-12)27-11-26-15/h2-8H,9-11H2,1H3,(H,20,22)(H,21,23). The van der Waals surface area contributed by atoms with E-state index in [4.69, 9.17) is 9.47 Å². The van der Waals surface area contributed by atoms with Crippen LogP contribution in [0, 0.1) is 0 Å². The summed E-state index contributed by atoms with van der Waals surface area (Å²) >= 11 is 0. The molecule has 3 rings (SSSR count). The van der Waals surface area contributed by atoms with Crippen LogP contribution in [-0.2, 0) is 20.9 Å². The molecule has 0 saturated heterocycles. The third-order valence-electron chi connectivity index (χ3n) is 3.82. The van der Waals surface area contributed by atoms with Crippen molar-refractivity contribution >= 4 is 23.5 Å². The van der Waals surface area contributed by atoms with Gasteiger partial charge in [-0.15, -0.1) is 0 Å². The van der Waals surface area contributed by atoms with Gasteiger partial charge in [0.15, 0.2) is 11.5 Å². The fourth-order valence-corrected chi connectivity index (χ4v) is 2.51. The van der Waals surface area contributed by atoms with Gasteiger partial charge in [-0.05, 0) is 35.9 Å². The number of methoxy groups -OCH3 is 1. The first kappa shape index (κ1) is 18.2. The summed E-state index contributed by atoms with van der Waals surface area (Å²) in [6.07, 6.45) is -0.340. The predicted octanol–water partition coefficient (Wildman–Crippen LogP) is 1.85. The summed E-state index contributed by atoms with van der Waals surface area (Å²) in [6.45, 7) is 0.447. The summed E-state index contributed by atoms with van der Waals surface area (Å²) in [7, 11) is 1.28. The number of carbonyl (C=O) groups excluding carboxylic acids is 3. The third-order valence-corrected chi connectivity index (χ3v) is 3.82. The Hall–Kier alpha value is -3.55. The van der Waals surface area contributed by atoms with Gasteiger partial charge in [0.2, 0.25) is 18.6 Å². The van der Waals surface area contributed by atoms with E-state index in [1.807, 2.05) is 6.07 Å². The van der Waals surface area contributed by atoms with Crippen molar-refractivity contribution in [1.82, 2.24) is 5.32 Å². The number of carbonyl (C=O) groups is 3. The number of esters is 1. The first-order valence-corrected chi connectivity index (χ1v) is 8.18. The second-order valence-electron chi connectivity index (χ2n) is 5.76. The van der Waals surface area contributed by atoms with Gasteiger partial charge >= 0.3 is 5.97 Å². The highest BCUT2D eigenvalue weighted by atomic mass is 16.7. The number of anilines is 1. The molecule has 0 bridgehead atoms. The van der Waals surface area contributed by atoms with Crippen molar-refractivity contribution in [2.75, 3.05) is 19.2 Å². The molecule has 2 amide bonds. The van der Waals surface area contributed by atoms with E-state index in [1.54, 1.807) is 30.3 Å². The molecule has 1 heterocycles. The average Bonchev–Trinajstić information content (AvgIpc) is 3.13. The Morgan fingerprint density at radius 2 is 1.85 bits per heavy atom. The molecule has 0 radical (unpaired) electrons. The molecule has 0 fully saturated rings. The van der Waals surface area contributed by atoms with Gasteiger partial charge in [0.25, 0.3) is 0 Å². The summed E-state index contributed by atoms with van der Waals surface area (Å²) in [5.74, 6) is -0.120. The maximum Gasteiger partial charge on any atom is 0.337 e. The quantitative estimate of drug-likeness (QED) is 0.594. The minimum atomic E-state index is -0.507. The molecule has 1 aliphatic rings. The summed E-state index contributed by atoms with van der Waals surface area (Å²) in [4.78, 5) is 35.5. The normalized spacial score (nSPS) is 11.6. The van der Waals surface area contributed by atoms with Crippen molar-refractivity contribution < 1.29 is 28.6 Å². The Morgan fingerprint density at radius 3 is 2.67 bits per heavy atom. The fraction of sp³-hybridized carbons (Fsp3) is 0.211. The Bertz CT molecular complexity index is 880. The van der Waals surface area contributed by atoms with Crippen LogP contribution in [0.3, 0.4) is 0 Å². The highest BCUT2D eigenvalue weighted by Crippen LogP contribution is 2.32. The van der Waals surface area contributed by atoms with Crippen molar-refractivity contribution in [3.8, 4) is 11.5 Å². The Labute approximate surface area is 155 Å². The smallest absolute Gasteiger partial charge is 0.337 e. The van der Waals surface area contributed by atoms with E-state index in [2.05, 4.69) is 15.4 Å². The summed E-state index contributed by atoms with van der Waals surface area (Å²) < 4.78 is 15.1. The second-order valence-corrected chi connectivity index (χ2v) is 5.76. The molecule has 1 aliphatic heterocycles. The first-order valence-electron chi connectivity index (χ1n) is 8.18. The Morgan fingerprint density at radius 1 is 1.04 bits per heavy atom. The van der Waals surface area contributed by atoms with Gasteiger partial charge in [0.1, 0.15) is 6.42 Å². The molecule has 2 aromatic rings. The summed E-state index contributed by atoms with van der Waals surface area (Å²) in [5.41, 5.74) is 1.55. The highest BCUT2D eigenvalue weighted by Gasteiger charge is 2.14. The van der Waals surface area contributed by atoms with Crippen LogP contribution in [0.1, 0.15) is 22.3 Å². The van der Waals surface area contributed by atoms with Crippen molar-refractivity contribution in [2.24, 2.45) is 0 Å². The van der Waals surface area contributed by atoms with Crippen LogP contribution in [0.15, 0.2) is 42.5 Å². The van der Waals surface area contributed by atoms with Crippen molar-refractivity contribution in [1.29, 1.82) is 0 Å². The topological polar surface area (TPSA) is 103 Å². The number of hydrogen-bond donors (Lipinski definition) is 2. The monoisotopic (exact) mass is 370 g/mol. The number of nitrogens with one attached hydrogen (secondary N) is 2. The zero-order chi connectivity index (χ0) is 19.2. The minimum absolute atomic E-state index is 0.183. The van der Waals surface area contributed by atoms with Crippen LogP contribution < -0.4 is 20.1 Å². The molecule has 0 unspecified atom stereocenters. The maximum atomic E-state index is 12.0. The zero-order valence-electron chi connectivity index (χ0n) is 14.6.